The fraction of sp³-hybridized carbons (Fsp3) is 0.0625. The number of carbonyl (C=O) groups is 2. The van der Waals surface area contributed by atoms with E-state index in [4.69, 9.17) is 16.3 Å². The summed E-state index contributed by atoms with van der Waals surface area (Å²) in [5.41, 5.74) is 0.401. The van der Waals surface area contributed by atoms with Gasteiger partial charge in [-0.25, -0.2) is 4.98 Å². The molecule has 0 saturated heterocycles. The number of aromatic nitrogens is 1. The van der Waals surface area contributed by atoms with E-state index < -0.39 is 5.91 Å². The zero-order valence-electron chi connectivity index (χ0n) is 12.0. The number of allylic oxidation sites excluding steroid dienone is 1. The minimum absolute atomic E-state index is 0.116. The van der Waals surface area contributed by atoms with Gasteiger partial charge in [-0.2, -0.15) is 0 Å². The number of nitrogens with one attached hydrogen (secondary N) is 1. The summed E-state index contributed by atoms with van der Waals surface area (Å²) in [5, 5.41) is 3.07. The van der Waals surface area contributed by atoms with E-state index in [1.807, 2.05) is 0 Å². The fourth-order valence-corrected chi connectivity index (χ4v) is 2.02. The molecule has 0 fully saturated rings. The number of anilines is 1. The highest BCUT2D eigenvalue weighted by Gasteiger charge is 2.14. The van der Waals surface area contributed by atoms with Gasteiger partial charge >= 0.3 is 0 Å². The Kier molecular flexibility index (Phi) is 5.90. The quantitative estimate of drug-likeness (QED) is 0.474. The molecule has 0 bridgehead atoms. The largest absolute Gasteiger partial charge is 0.491 e. The molecule has 1 N–H and O–H groups in total. The summed E-state index contributed by atoms with van der Waals surface area (Å²) in [6.07, 6.45) is 2.67. The normalized spacial score (nSPS) is 11.0. The molecule has 1 amide bonds. The van der Waals surface area contributed by atoms with Crippen molar-refractivity contribution in [2.45, 2.75) is 0 Å². The second-order valence-corrected chi connectivity index (χ2v) is 5.75. The van der Waals surface area contributed by atoms with E-state index in [1.165, 1.54) is 7.11 Å². The van der Waals surface area contributed by atoms with Crippen molar-refractivity contribution in [3.8, 4) is 0 Å². The Morgan fingerprint density at radius 1 is 1.22 bits per heavy atom. The average molecular weight is 396 g/mol. The molecule has 23 heavy (non-hydrogen) atoms. The van der Waals surface area contributed by atoms with Crippen LogP contribution in [0, 0.1) is 0 Å². The van der Waals surface area contributed by atoms with Gasteiger partial charge in [0.15, 0.2) is 11.5 Å². The third-order valence-electron chi connectivity index (χ3n) is 2.80. The van der Waals surface area contributed by atoms with Gasteiger partial charge in [0.1, 0.15) is 5.82 Å². The van der Waals surface area contributed by atoms with Crippen LogP contribution in [0.2, 0.25) is 5.02 Å². The van der Waals surface area contributed by atoms with E-state index in [1.54, 1.807) is 42.6 Å². The second-order valence-electron chi connectivity index (χ2n) is 4.40. The molecular formula is C16H12BrClN2O3. The van der Waals surface area contributed by atoms with Gasteiger partial charge in [-0.15, -0.1) is 0 Å². The van der Waals surface area contributed by atoms with Crippen LogP contribution in [0.5, 0.6) is 0 Å². The van der Waals surface area contributed by atoms with E-state index in [2.05, 4.69) is 26.2 Å². The van der Waals surface area contributed by atoms with E-state index in [0.717, 1.165) is 10.5 Å². The number of hydrogen-bond donors (Lipinski definition) is 1. The standard InChI is InChI=1S/C16H12BrClN2O3/c1-23-14(8-13(21)10-2-5-12(18)6-3-10)16(22)20-15-7-4-11(17)9-19-15/h2-9H,1H3,(H,19,20,22). The highest BCUT2D eigenvalue weighted by Crippen LogP contribution is 2.13. The number of amides is 1. The molecule has 0 radical (unpaired) electrons. The van der Waals surface area contributed by atoms with Gasteiger partial charge < -0.3 is 10.1 Å². The first kappa shape index (κ1) is 17.2. The maximum absolute atomic E-state index is 12.1. The number of pyridine rings is 1. The van der Waals surface area contributed by atoms with E-state index in [9.17, 15) is 9.59 Å². The molecule has 1 aromatic carbocycles. The molecule has 118 valence electrons. The topological polar surface area (TPSA) is 68.3 Å². The lowest BCUT2D eigenvalue weighted by atomic mass is 10.1. The first-order chi connectivity index (χ1) is 11.0. The Hall–Kier alpha value is -2.18. The monoisotopic (exact) mass is 394 g/mol. The molecule has 0 aliphatic rings. The number of ketones is 1. The van der Waals surface area contributed by atoms with E-state index >= 15 is 0 Å². The Morgan fingerprint density at radius 3 is 2.48 bits per heavy atom. The van der Waals surface area contributed by atoms with Crippen LogP contribution in [-0.2, 0) is 9.53 Å². The van der Waals surface area contributed by atoms with Crippen LogP contribution in [0.3, 0.4) is 0 Å². The minimum Gasteiger partial charge on any atom is -0.491 e. The van der Waals surface area contributed by atoms with Crippen LogP contribution in [0.4, 0.5) is 5.82 Å². The number of rotatable bonds is 5. The molecule has 1 heterocycles. The maximum atomic E-state index is 12.1. The Morgan fingerprint density at radius 2 is 1.91 bits per heavy atom. The molecule has 7 heteroatoms. The third kappa shape index (κ3) is 4.91. The predicted molar refractivity (Wildman–Crippen MR) is 91.4 cm³/mol. The molecule has 0 aliphatic carbocycles. The summed E-state index contributed by atoms with van der Waals surface area (Å²) >= 11 is 9.03. The van der Waals surface area contributed by atoms with Crippen molar-refractivity contribution in [2.24, 2.45) is 0 Å². The van der Waals surface area contributed by atoms with Crippen LogP contribution in [0.25, 0.3) is 0 Å². The van der Waals surface area contributed by atoms with Crippen molar-refractivity contribution in [3.63, 3.8) is 0 Å². The molecular weight excluding hydrogens is 384 g/mol. The van der Waals surface area contributed by atoms with Gasteiger partial charge in [-0.1, -0.05) is 11.6 Å². The molecule has 1 aromatic heterocycles. The number of nitrogens with zero attached hydrogens (tertiary/aromatic N) is 1. The molecule has 5 nitrogen and oxygen atoms in total. The van der Waals surface area contributed by atoms with Crippen molar-refractivity contribution in [1.82, 2.24) is 4.98 Å². The lowest BCUT2D eigenvalue weighted by Crippen LogP contribution is -2.17. The molecule has 2 aromatic rings. The molecule has 0 saturated carbocycles. The van der Waals surface area contributed by atoms with Gasteiger partial charge in [0, 0.05) is 27.3 Å². The van der Waals surface area contributed by atoms with Crippen LogP contribution in [0.15, 0.2) is 58.9 Å². The number of methoxy groups -OCH3 is 1. The first-order valence-corrected chi connectivity index (χ1v) is 7.65. The van der Waals surface area contributed by atoms with Crippen molar-refractivity contribution in [2.75, 3.05) is 12.4 Å². The van der Waals surface area contributed by atoms with E-state index in [0.29, 0.717) is 16.4 Å². The van der Waals surface area contributed by atoms with Crippen LogP contribution in [-0.4, -0.2) is 23.8 Å². The lowest BCUT2D eigenvalue weighted by Gasteiger charge is -2.07. The lowest BCUT2D eigenvalue weighted by molar-refractivity contribution is -0.115. The summed E-state index contributed by atoms with van der Waals surface area (Å²) in [4.78, 5) is 28.3. The Bertz CT molecular complexity index is 743. The third-order valence-corrected chi connectivity index (χ3v) is 3.52. The molecule has 2 rings (SSSR count). The highest BCUT2D eigenvalue weighted by atomic mass is 79.9. The summed E-state index contributed by atoms with van der Waals surface area (Å²) < 4.78 is 5.78. The average Bonchev–Trinajstić information content (AvgIpc) is 2.55. The van der Waals surface area contributed by atoms with Crippen LogP contribution >= 0.6 is 27.5 Å². The van der Waals surface area contributed by atoms with Crippen molar-refractivity contribution in [1.29, 1.82) is 0 Å². The van der Waals surface area contributed by atoms with Crippen molar-refractivity contribution < 1.29 is 14.3 Å². The highest BCUT2D eigenvalue weighted by molar-refractivity contribution is 9.10. The second kappa shape index (κ2) is 7.89. The number of hydrogen-bond acceptors (Lipinski definition) is 4. The van der Waals surface area contributed by atoms with Gasteiger partial charge in [-0.3, -0.25) is 9.59 Å². The first-order valence-electron chi connectivity index (χ1n) is 6.48. The summed E-state index contributed by atoms with van der Waals surface area (Å²) in [6.45, 7) is 0. The fourth-order valence-electron chi connectivity index (χ4n) is 1.66. The predicted octanol–water partition coefficient (Wildman–Crippen LogP) is 3.85. The number of halogens is 2. The molecule has 0 atom stereocenters. The smallest absolute Gasteiger partial charge is 0.292 e. The zero-order chi connectivity index (χ0) is 16.8. The number of ether oxygens (including phenoxy) is 1. The molecule has 0 aliphatic heterocycles. The summed E-state index contributed by atoms with van der Waals surface area (Å²) in [5.74, 6) is -0.697. The maximum Gasteiger partial charge on any atom is 0.292 e. The van der Waals surface area contributed by atoms with Gasteiger partial charge in [0.25, 0.3) is 5.91 Å². The molecule has 0 spiro atoms. The summed E-state index contributed by atoms with van der Waals surface area (Å²) in [7, 11) is 1.32. The van der Waals surface area contributed by atoms with Gasteiger partial charge in [0.2, 0.25) is 0 Å². The number of carbonyl (C=O) groups excluding carboxylic acids is 2. The van der Waals surface area contributed by atoms with Crippen molar-refractivity contribution in [3.05, 3.63) is 69.5 Å². The summed E-state index contributed by atoms with van der Waals surface area (Å²) in [6, 6.07) is 9.70. The number of benzene rings is 1. The van der Waals surface area contributed by atoms with Crippen molar-refractivity contribution >= 4 is 45.0 Å². The Labute approximate surface area is 146 Å². The SMILES string of the molecule is COC(=CC(=O)c1ccc(Cl)cc1)C(=O)Nc1ccc(Br)cn1. The van der Waals surface area contributed by atoms with Gasteiger partial charge in [0.05, 0.1) is 7.11 Å². The van der Waals surface area contributed by atoms with Gasteiger partial charge in [-0.05, 0) is 52.3 Å². The van der Waals surface area contributed by atoms with Crippen LogP contribution < -0.4 is 5.32 Å². The van der Waals surface area contributed by atoms with E-state index in [-0.39, 0.29) is 11.5 Å². The Balaban J connectivity index is 2.13. The molecule has 0 unspecified atom stereocenters. The minimum atomic E-state index is -0.565. The van der Waals surface area contributed by atoms with Crippen LogP contribution in [0.1, 0.15) is 10.4 Å². The zero-order valence-corrected chi connectivity index (χ0v) is 14.4.